The third kappa shape index (κ3) is 2.55. The summed E-state index contributed by atoms with van der Waals surface area (Å²) >= 11 is 0. The number of rotatable bonds is 2. The molecule has 0 aromatic heterocycles. The largest absolute Gasteiger partial charge is 0.314 e. The van der Waals surface area contributed by atoms with Crippen LogP contribution in [0.2, 0.25) is 0 Å². The van der Waals surface area contributed by atoms with Crippen molar-refractivity contribution in [1.29, 1.82) is 0 Å². The first-order chi connectivity index (χ1) is 6.84. The molecule has 1 fully saturated rings. The summed E-state index contributed by atoms with van der Waals surface area (Å²) in [4.78, 5) is 0. The molecular formula is C12H16FN. The van der Waals surface area contributed by atoms with Crippen molar-refractivity contribution in [2.24, 2.45) is 0 Å². The quantitative estimate of drug-likeness (QED) is 0.761. The zero-order valence-electron chi connectivity index (χ0n) is 8.30. The number of benzene rings is 1. The van der Waals surface area contributed by atoms with E-state index in [1.165, 1.54) is 37.0 Å². The molecule has 0 spiro atoms. The van der Waals surface area contributed by atoms with Gasteiger partial charge in [-0.15, -0.1) is 0 Å². The van der Waals surface area contributed by atoms with Crippen molar-refractivity contribution in [1.82, 2.24) is 5.32 Å². The Balaban J connectivity index is 1.92. The number of nitrogens with one attached hydrogen (secondary N) is 1. The second-order valence-corrected chi connectivity index (χ2v) is 3.98. The Bertz CT molecular complexity index is 275. The maximum absolute atomic E-state index is 12.6. The van der Waals surface area contributed by atoms with Gasteiger partial charge in [0.05, 0.1) is 0 Å². The molecule has 1 aliphatic heterocycles. The summed E-state index contributed by atoms with van der Waals surface area (Å²) in [6.07, 6.45) is 4.89. The molecule has 0 amide bonds. The fraction of sp³-hybridized carbons (Fsp3) is 0.500. The first-order valence-electron chi connectivity index (χ1n) is 5.32. The minimum atomic E-state index is -0.148. The van der Waals surface area contributed by atoms with Crippen LogP contribution in [0.1, 0.15) is 24.8 Å². The van der Waals surface area contributed by atoms with Crippen molar-refractivity contribution in [3.8, 4) is 0 Å². The van der Waals surface area contributed by atoms with Gasteiger partial charge < -0.3 is 5.32 Å². The molecule has 1 unspecified atom stereocenters. The zero-order chi connectivity index (χ0) is 9.80. The van der Waals surface area contributed by atoms with E-state index >= 15 is 0 Å². The molecule has 2 heteroatoms. The van der Waals surface area contributed by atoms with Crippen molar-refractivity contribution in [2.45, 2.75) is 31.7 Å². The number of hydrogen-bond donors (Lipinski definition) is 1. The van der Waals surface area contributed by atoms with Crippen LogP contribution in [-0.2, 0) is 6.42 Å². The second kappa shape index (κ2) is 4.56. The summed E-state index contributed by atoms with van der Waals surface area (Å²) in [5.41, 5.74) is 1.23. The molecule has 14 heavy (non-hydrogen) atoms. The number of hydrogen-bond acceptors (Lipinski definition) is 1. The highest BCUT2D eigenvalue weighted by molar-refractivity contribution is 5.17. The van der Waals surface area contributed by atoms with Gasteiger partial charge in [-0.3, -0.25) is 0 Å². The number of halogens is 1. The average molecular weight is 193 g/mol. The lowest BCUT2D eigenvalue weighted by atomic mass is 9.98. The van der Waals surface area contributed by atoms with Gasteiger partial charge in [0.25, 0.3) is 0 Å². The van der Waals surface area contributed by atoms with Crippen LogP contribution >= 0.6 is 0 Å². The SMILES string of the molecule is Fc1ccc(CC2CCCCN2)cc1. The van der Waals surface area contributed by atoms with E-state index in [9.17, 15) is 4.39 Å². The van der Waals surface area contributed by atoms with Crippen molar-refractivity contribution in [2.75, 3.05) is 6.54 Å². The highest BCUT2D eigenvalue weighted by Crippen LogP contribution is 2.13. The fourth-order valence-corrected chi connectivity index (χ4v) is 2.00. The van der Waals surface area contributed by atoms with E-state index < -0.39 is 0 Å². The molecule has 1 heterocycles. The van der Waals surface area contributed by atoms with Crippen molar-refractivity contribution in [3.05, 3.63) is 35.6 Å². The predicted octanol–water partition coefficient (Wildman–Crippen LogP) is 2.51. The van der Waals surface area contributed by atoms with Crippen molar-refractivity contribution < 1.29 is 4.39 Å². The molecule has 0 aliphatic carbocycles. The smallest absolute Gasteiger partial charge is 0.123 e. The third-order valence-corrected chi connectivity index (χ3v) is 2.81. The molecule has 1 aliphatic rings. The molecule has 0 radical (unpaired) electrons. The lowest BCUT2D eigenvalue weighted by molar-refractivity contribution is 0.399. The van der Waals surface area contributed by atoms with Crippen molar-refractivity contribution in [3.63, 3.8) is 0 Å². The van der Waals surface area contributed by atoms with Crippen LogP contribution in [0.15, 0.2) is 24.3 Å². The molecule has 1 atom stereocenters. The van der Waals surface area contributed by atoms with Gasteiger partial charge in [-0.05, 0) is 43.5 Å². The minimum Gasteiger partial charge on any atom is -0.314 e. The van der Waals surface area contributed by atoms with Crippen LogP contribution in [0.5, 0.6) is 0 Å². The Kier molecular flexibility index (Phi) is 3.14. The molecular weight excluding hydrogens is 177 g/mol. The first kappa shape index (κ1) is 9.66. The van der Waals surface area contributed by atoms with Gasteiger partial charge in [0.1, 0.15) is 5.82 Å². The summed E-state index contributed by atoms with van der Waals surface area (Å²) in [5.74, 6) is -0.148. The molecule has 0 bridgehead atoms. The van der Waals surface area contributed by atoms with Crippen molar-refractivity contribution >= 4 is 0 Å². The lowest BCUT2D eigenvalue weighted by Crippen LogP contribution is -2.35. The van der Waals surface area contributed by atoms with Gasteiger partial charge in [-0.2, -0.15) is 0 Å². The topological polar surface area (TPSA) is 12.0 Å². The lowest BCUT2D eigenvalue weighted by Gasteiger charge is -2.23. The standard InChI is InChI=1S/C12H16FN/c13-11-6-4-10(5-7-11)9-12-3-1-2-8-14-12/h4-7,12,14H,1-3,8-9H2. The summed E-state index contributed by atoms with van der Waals surface area (Å²) < 4.78 is 12.6. The molecule has 1 N–H and O–H groups in total. The summed E-state index contributed by atoms with van der Waals surface area (Å²) in [6.45, 7) is 1.13. The van der Waals surface area contributed by atoms with Gasteiger partial charge in [0.15, 0.2) is 0 Å². The van der Waals surface area contributed by atoms with E-state index in [-0.39, 0.29) is 5.82 Å². The molecule has 2 rings (SSSR count). The second-order valence-electron chi connectivity index (χ2n) is 3.98. The summed E-state index contributed by atoms with van der Waals surface area (Å²) in [7, 11) is 0. The van der Waals surface area contributed by atoms with Crippen LogP contribution in [0.25, 0.3) is 0 Å². The highest BCUT2D eigenvalue weighted by Gasteiger charge is 2.12. The Hall–Kier alpha value is -0.890. The van der Waals surface area contributed by atoms with Crippen LogP contribution < -0.4 is 5.32 Å². The van der Waals surface area contributed by atoms with E-state index in [1.807, 2.05) is 12.1 Å². The van der Waals surface area contributed by atoms with E-state index in [0.29, 0.717) is 6.04 Å². The van der Waals surface area contributed by atoms with Gasteiger partial charge in [0, 0.05) is 6.04 Å². The normalized spacial score (nSPS) is 22.2. The fourth-order valence-electron chi connectivity index (χ4n) is 2.00. The number of piperidine rings is 1. The Morgan fingerprint density at radius 1 is 1.21 bits per heavy atom. The van der Waals surface area contributed by atoms with Gasteiger partial charge >= 0.3 is 0 Å². The van der Waals surface area contributed by atoms with Gasteiger partial charge in [-0.1, -0.05) is 18.6 Å². The van der Waals surface area contributed by atoms with E-state index in [0.717, 1.165) is 13.0 Å². The Morgan fingerprint density at radius 2 is 2.00 bits per heavy atom. The van der Waals surface area contributed by atoms with Crippen LogP contribution in [0.4, 0.5) is 4.39 Å². The maximum atomic E-state index is 12.6. The first-order valence-corrected chi connectivity index (χ1v) is 5.32. The molecule has 0 saturated carbocycles. The van der Waals surface area contributed by atoms with E-state index in [2.05, 4.69) is 5.32 Å². The van der Waals surface area contributed by atoms with Crippen LogP contribution in [0.3, 0.4) is 0 Å². The minimum absolute atomic E-state index is 0.148. The zero-order valence-corrected chi connectivity index (χ0v) is 8.30. The van der Waals surface area contributed by atoms with Gasteiger partial charge in [-0.25, -0.2) is 4.39 Å². The molecule has 1 saturated heterocycles. The third-order valence-electron chi connectivity index (χ3n) is 2.81. The molecule has 1 aromatic rings. The summed E-state index contributed by atoms with van der Waals surface area (Å²) in [6, 6.07) is 7.43. The highest BCUT2D eigenvalue weighted by atomic mass is 19.1. The molecule has 1 nitrogen and oxygen atoms in total. The Labute approximate surface area is 84.3 Å². The summed E-state index contributed by atoms with van der Waals surface area (Å²) in [5, 5.41) is 3.49. The molecule has 76 valence electrons. The van der Waals surface area contributed by atoms with Crippen LogP contribution in [0, 0.1) is 5.82 Å². The average Bonchev–Trinajstić information content (AvgIpc) is 2.23. The monoisotopic (exact) mass is 193 g/mol. The van der Waals surface area contributed by atoms with E-state index in [1.54, 1.807) is 0 Å². The Morgan fingerprint density at radius 3 is 2.64 bits per heavy atom. The van der Waals surface area contributed by atoms with E-state index in [4.69, 9.17) is 0 Å². The van der Waals surface area contributed by atoms with Gasteiger partial charge in [0.2, 0.25) is 0 Å². The van der Waals surface area contributed by atoms with Crippen LogP contribution in [-0.4, -0.2) is 12.6 Å². The maximum Gasteiger partial charge on any atom is 0.123 e. The molecule has 1 aromatic carbocycles. The predicted molar refractivity (Wildman–Crippen MR) is 55.7 cm³/mol.